The van der Waals surface area contributed by atoms with Crippen LogP contribution in [0.3, 0.4) is 0 Å². The molecule has 0 aromatic heterocycles. The monoisotopic (exact) mass is 227 g/mol. The van der Waals surface area contributed by atoms with Crippen molar-refractivity contribution in [2.45, 2.75) is 45.4 Å². The van der Waals surface area contributed by atoms with Crippen LogP contribution in [0.25, 0.3) is 0 Å². The van der Waals surface area contributed by atoms with Gasteiger partial charge in [-0.15, -0.1) is 0 Å². The fraction of sp³-hybridized carbons (Fsp3) is 0.923. The highest BCUT2D eigenvalue weighted by atomic mass is 16.5. The molecule has 0 aliphatic carbocycles. The van der Waals surface area contributed by atoms with Crippen LogP contribution in [0, 0.1) is 5.92 Å². The SMILES string of the molecule is CCCCC(=O)N1CCC(CCOC)CC1. The first kappa shape index (κ1) is 13.5. The Kier molecular flexibility index (Phi) is 6.46. The average molecular weight is 227 g/mol. The first-order chi connectivity index (χ1) is 7.77. The Bertz CT molecular complexity index is 198. The van der Waals surface area contributed by atoms with Gasteiger partial charge in [0.05, 0.1) is 0 Å². The van der Waals surface area contributed by atoms with Gasteiger partial charge in [0, 0.05) is 33.2 Å². The molecule has 0 unspecified atom stereocenters. The lowest BCUT2D eigenvalue weighted by molar-refractivity contribution is -0.132. The molecular weight excluding hydrogens is 202 g/mol. The van der Waals surface area contributed by atoms with Crippen LogP contribution in [0.2, 0.25) is 0 Å². The molecule has 16 heavy (non-hydrogen) atoms. The summed E-state index contributed by atoms with van der Waals surface area (Å²) in [6.07, 6.45) is 6.33. The number of methoxy groups -OCH3 is 1. The van der Waals surface area contributed by atoms with Gasteiger partial charge in [-0.25, -0.2) is 0 Å². The second-order valence-electron chi connectivity index (χ2n) is 4.71. The van der Waals surface area contributed by atoms with E-state index in [1.807, 2.05) is 4.90 Å². The van der Waals surface area contributed by atoms with Crippen molar-refractivity contribution in [3.63, 3.8) is 0 Å². The summed E-state index contributed by atoms with van der Waals surface area (Å²) in [5, 5.41) is 0. The second-order valence-corrected chi connectivity index (χ2v) is 4.71. The highest BCUT2D eigenvalue weighted by Crippen LogP contribution is 2.21. The van der Waals surface area contributed by atoms with E-state index in [9.17, 15) is 4.79 Å². The Morgan fingerprint density at radius 3 is 2.62 bits per heavy atom. The number of carbonyl (C=O) groups is 1. The zero-order valence-electron chi connectivity index (χ0n) is 10.7. The minimum Gasteiger partial charge on any atom is -0.385 e. The van der Waals surface area contributed by atoms with Gasteiger partial charge in [-0.3, -0.25) is 4.79 Å². The van der Waals surface area contributed by atoms with Crippen molar-refractivity contribution in [2.75, 3.05) is 26.8 Å². The first-order valence-corrected chi connectivity index (χ1v) is 6.54. The van der Waals surface area contributed by atoms with Gasteiger partial charge in [-0.05, 0) is 31.6 Å². The number of hydrogen-bond donors (Lipinski definition) is 0. The van der Waals surface area contributed by atoms with E-state index in [-0.39, 0.29) is 0 Å². The molecule has 0 spiro atoms. The molecule has 1 aliphatic heterocycles. The standard InChI is InChI=1S/C13H25NO2/c1-3-4-5-13(15)14-9-6-12(7-10-14)8-11-16-2/h12H,3-11H2,1-2H3. The molecule has 0 bridgehead atoms. The van der Waals surface area contributed by atoms with Crippen molar-refractivity contribution >= 4 is 5.91 Å². The summed E-state index contributed by atoms with van der Waals surface area (Å²) in [5.74, 6) is 1.11. The van der Waals surface area contributed by atoms with Crippen LogP contribution in [0.5, 0.6) is 0 Å². The van der Waals surface area contributed by atoms with Crippen molar-refractivity contribution in [3.8, 4) is 0 Å². The van der Waals surface area contributed by atoms with E-state index < -0.39 is 0 Å². The molecular formula is C13H25NO2. The predicted octanol–water partition coefficient (Wildman–Crippen LogP) is 2.45. The topological polar surface area (TPSA) is 29.5 Å². The maximum Gasteiger partial charge on any atom is 0.222 e. The van der Waals surface area contributed by atoms with E-state index in [4.69, 9.17) is 4.74 Å². The van der Waals surface area contributed by atoms with Gasteiger partial charge in [-0.1, -0.05) is 13.3 Å². The number of hydrogen-bond acceptors (Lipinski definition) is 2. The van der Waals surface area contributed by atoms with Gasteiger partial charge < -0.3 is 9.64 Å². The van der Waals surface area contributed by atoms with Gasteiger partial charge >= 0.3 is 0 Å². The van der Waals surface area contributed by atoms with Crippen LogP contribution in [-0.2, 0) is 9.53 Å². The number of likely N-dealkylation sites (tertiary alicyclic amines) is 1. The Hall–Kier alpha value is -0.570. The highest BCUT2D eigenvalue weighted by molar-refractivity contribution is 5.76. The number of piperidine rings is 1. The summed E-state index contributed by atoms with van der Waals surface area (Å²) in [6, 6.07) is 0. The third-order valence-corrected chi connectivity index (χ3v) is 3.44. The van der Waals surface area contributed by atoms with Gasteiger partial charge in [0.25, 0.3) is 0 Å². The van der Waals surface area contributed by atoms with Crippen molar-refractivity contribution < 1.29 is 9.53 Å². The molecule has 1 rings (SSSR count). The van der Waals surface area contributed by atoms with E-state index >= 15 is 0 Å². The zero-order chi connectivity index (χ0) is 11.8. The molecule has 0 aromatic rings. The van der Waals surface area contributed by atoms with Crippen molar-refractivity contribution in [3.05, 3.63) is 0 Å². The molecule has 1 saturated heterocycles. The first-order valence-electron chi connectivity index (χ1n) is 6.54. The fourth-order valence-corrected chi connectivity index (χ4v) is 2.24. The van der Waals surface area contributed by atoms with Crippen LogP contribution in [-0.4, -0.2) is 37.6 Å². The van der Waals surface area contributed by atoms with E-state index in [1.165, 1.54) is 0 Å². The van der Waals surface area contributed by atoms with E-state index in [0.717, 1.165) is 64.1 Å². The molecule has 1 heterocycles. The van der Waals surface area contributed by atoms with E-state index in [0.29, 0.717) is 5.91 Å². The molecule has 0 saturated carbocycles. The number of amides is 1. The Balaban J connectivity index is 2.18. The normalized spacial score (nSPS) is 17.8. The minimum atomic E-state index is 0.354. The van der Waals surface area contributed by atoms with Crippen molar-refractivity contribution in [1.29, 1.82) is 0 Å². The molecule has 0 aromatic carbocycles. The maximum atomic E-state index is 11.8. The largest absolute Gasteiger partial charge is 0.385 e. The third kappa shape index (κ3) is 4.52. The maximum absolute atomic E-state index is 11.8. The summed E-state index contributed by atoms with van der Waals surface area (Å²) in [5.41, 5.74) is 0. The number of nitrogens with zero attached hydrogens (tertiary/aromatic N) is 1. The summed E-state index contributed by atoms with van der Waals surface area (Å²) in [4.78, 5) is 13.8. The molecule has 1 amide bonds. The van der Waals surface area contributed by atoms with Crippen LogP contribution < -0.4 is 0 Å². The Labute approximate surface area is 99.1 Å². The second kappa shape index (κ2) is 7.66. The van der Waals surface area contributed by atoms with E-state index in [1.54, 1.807) is 7.11 Å². The summed E-state index contributed by atoms with van der Waals surface area (Å²) < 4.78 is 5.09. The zero-order valence-corrected chi connectivity index (χ0v) is 10.7. The van der Waals surface area contributed by atoms with Crippen LogP contribution in [0.15, 0.2) is 0 Å². The van der Waals surface area contributed by atoms with Crippen LogP contribution >= 0.6 is 0 Å². The smallest absolute Gasteiger partial charge is 0.222 e. The quantitative estimate of drug-likeness (QED) is 0.697. The number of carbonyl (C=O) groups excluding carboxylic acids is 1. The number of rotatable bonds is 6. The van der Waals surface area contributed by atoms with Crippen LogP contribution in [0.1, 0.15) is 45.4 Å². The third-order valence-electron chi connectivity index (χ3n) is 3.44. The Morgan fingerprint density at radius 2 is 2.06 bits per heavy atom. The minimum absolute atomic E-state index is 0.354. The molecule has 1 aliphatic rings. The molecule has 3 heteroatoms. The summed E-state index contributed by atoms with van der Waals surface area (Å²) >= 11 is 0. The lowest BCUT2D eigenvalue weighted by Gasteiger charge is -2.32. The van der Waals surface area contributed by atoms with Gasteiger partial charge in [0.15, 0.2) is 0 Å². The van der Waals surface area contributed by atoms with Crippen LogP contribution in [0.4, 0.5) is 0 Å². The highest BCUT2D eigenvalue weighted by Gasteiger charge is 2.21. The van der Waals surface area contributed by atoms with Gasteiger partial charge in [0.1, 0.15) is 0 Å². The Morgan fingerprint density at radius 1 is 1.38 bits per heavy atom. The molecule has 94 valence electrons. The van der Waals surface area contributed by atoms with Crippen molar-refractivity contribution in [2.24, 2.45) is 5.92 Å². The molecule has 0 atom stereocenters. The number of unbranched alkanes of at least 4 members (excludes halogenated alkanes) is 1. The lowest BCUT2D eigenvalue weighted by atomic mass is 9.93. The fourth-order valence-electron chi connectivity index (χ4n) is 2.24. The van der Waals surface area contributed by atoms with Gasteiger partial charge in [-0.2, -0.15) is 0 Å². The molecule has 1 fully saturated rings. The number of ether oxygens (including phenoxy) is 1. The summed E-state index contributed by atoms with van der Waals surface area (Å²) in [6.45, 7) is 4.90. The molecule has 3 nitrogen and oxygen atoms in total. The molecule has 0 N–H and O–H groups in total. The predicted molar refractivity (Wildman–Crippen MR) is 65.3 cm³/mol. The van der Waals surface area contributed by atoms with E-state index in [2.05, 4.69) is 6.92 Å². The average Bonchev–Trinajstić information content (AvgIpc) is 2.34. The molecule has 0 radical (unpaired) electrons. The lowest BCUT2D eigenvalue weighted by Crippen LogP contribution is -2.38. The van der Waals surface area contributed by atoms with Gasteiger partial charge in [0.2, 0.25) is 5.91 Å². The summed E-state index contributed by atoms with van der Waals surface area (Å²) in [7, 11) is 1.75. The van der Waals surface area contributed by atoms with Crippen molar-refractivity contribution in [1.82, 2.24) is 4.90 Å².